The lowest BCUT2D eigenvalue weighted by molar-refractivity contribution is -0.364. The lowest BCUT2D eigenvalue weighted by atomic mass is 9.43. The second-order valence-electron chi connectivity index (χ2n) is 13.5. The number of fused-ring (bicyclic) bond motifs is 5. The number of nitrogens with zero attached hydrogens (tertiary/aromatic N) is 1. The van der Waals surface area contributed by atoms with Crippen LogP contribution in [-0.2, 0) is 4.79 Å². The van der Waals surface area contributed by atoms with E-state index in [0.717, 1.165) is 48.5 Å². The van der Waals surface area contributed by atoms with E-state index in [1.165, 1.54) is 6.92 Å². The number of aromatic nitrogens is 1. The van der Waals surface area contributed by atoms with Gasteiger partial charge in [-0.1, -0.05) is 44.7 Å². The van der Waals surface area contributed by atoms with Crippen LogP contribution in [0.15, 0.2) is 41.1 Å². The van der Waals surface area contributed by atoms with E-state index in [-0.39, 0.29) is 41.8 Å². The van der Waals surface area contributed by atoms with Gasteiger partial charge in [0, 0.05) is 18.0 Å². The maximum atomic E-state index is 15.0. The predicted molar refractivity (Wildman–Crippen MR) is 150 cm³/mol. The fourth-order valence-corrected chi connectivity index (χ4v) is 10.1. The number of hydrogen-bond acceptors (Lipinski definition) is 4. The second kappa shape index (κ2) is 11.2. The zero-order valence-electron chi connectivity index (χ0n) is 24.0. The molecule has 4 aliphatic carbocycles. The van der Waals surface area contributed by atoms with Gasteiger partial charge >= 0.3 is 12.1 Å². The summed E-state index contributed by atoms with van der Waals surface area (Å²) in [5.74, 6) is -4.28. The fraction of sp³-hybridized carbons (Fsp3) is 0.750. The fourth-order valence-electron chi connectivity index (χ4n) is 9.24. The van der Waals surface area contributed by atoms with Crippen LogP contribution >= 0.6 is 11.8 Å². The quantitative estimate of drug-likeness (QED) is 0.175. The number of rotatable bonds is 9. The average molecular weight is 600 g/mol. The number of aliphatic hydroxyl groups is 1. The van der Waals surface area contributed by atoms with Crippen molar-refractivity contribution in [2.24, 2.45) is 34.5 Å². The molecule has 3 nitrogen and oxygen atoms in total. The smallest absolute Gasteiger partial charge is 0.383 e. The minimum Gasteiger partial charge on any atom is -0.383 e. The number of thioether (sulfide) groups is 1. The van der Waals surface area contributed by atoms with Crippen LogP contribution in [0.2, 0.25) is 0 Å². The minimum absolute atomic E-state index is 0.0399. The van der Waals surface area contributed by atoms with Crippen molar-refractivity contribution in [2.75, 3.05) is 5.75 Å². The third kappa shape index (κ3) is 5.19. The molecule has 1 heterocycles. The molecule has 1 aromatic rings. The van der Waals surface area contributed by atoms with Crippen LogP contribution in [0.1, 0.15) is 90.9 Å². The predicted octanol–water partition coefficient (Wildman–Crippen LogP) is 8.81. The van der Waals surface area contributed by atoms with Crippen LogP contribution in [0, 0.1) is 34.5 Å². The highest BCUT2D eigenvalue weighted by Gasteiger charge is 2.79. The molecule has 5 rings (SSSR count). The second-order valence-corrected chi connectivity index (χ2v) is 14.6. The molecule has 0 amide bonds. The van der Waals surface area contributed by atoms with Gasteiger partial charge in [-0.3, -0.25) is 4.79 Å². The Kier molecular flexibility index (Phi) is 8.47. The summed E-state index contributed by atoms with van der Waals surface area (Å²) in [4.78, 5) is 16.7. The first-order valence-electron chi connectivity index (χ1n) is 15.2. The molecule has 3 fully saturated rings. The molecule has 0 radical (unpaired) electrons. The van der Waals surface area contributed by atoms with Crippen LogP contribution in [0.5, 0.6) is 0 Å². The van der Waals surface area contributed by atoms with Gasteiger partial charge in [0.05, 0.1) is 5.03 Å². The Labute approximate surface area is 244 Å². The topological polar surface area (TPSA) is 50.2 Å². The van der Waals surface area contributed by atoms with Crippen molar-refractivity contribution in [3.63, 3.8) is 0 Å². The highest BCUT2D eigenvalue weighted by Crippen LogP contribution is 2.72. The summed E-state index contributed by atoms with van der Waals surface area (Å²) >= 11 is 1.73. The number of ketones is 1. The normalized spacial score (nSPS) is 37.3. The number of alkyl halides is 5. The number of hydrogen-bond donors (Lipinski definition) is 1. The van der Waals surface area contributed by atoms with Crippen LogP contribution in [0.25, 0.3) is 0 Å². The number of unbranched alkanes of at least 4 members (excludes halogenated alkanes) is 3. The number of halogens is 5. The van der Waals surface area contributed by atoms with Crippen molar-refractivity contribution >= 4 is 17.5 Å². The van der Waals surface area contributed by atoms with Crippen molar-refractivity contribution in [3.8, 4) is 0 Å². The van der Waals surface area contributed by atoms with Gasteiger partial charge in [0.2, 0.25) is 0 Å². The molecule has 41 heavy (non-hydrogen) atoms. The van der Waals surface area contributed by atoms with E-state index < -0.39 is 35.5 Å². The SMILES string of the molecule is C[C@]12CCC(=O)C=C1C[C@@H](CCCCCCSc1ccccn1)[C@@H]1[C@@H]2CC[C@@]2(C)[C@H]1CC[C@@]2(O)C(F)(F)C(F)(F)F. The van der Waals surface area contributed by atoms with E-state index >= 15 is 0 Å². The zero-order chi connectivity index (χ0) is 29.7. The van der Waals surface area contributed by atoms with E-state index in [4.69, 9.17) is 0 Å². The number of pyridine rings is 1. The Morgan fingerprint density at radius 3 is 2.44 bits per heavy atom. The maximum Gasteiger partial charge on any atom is 0.456 e. The summed E-state index contributed by atoms with van der Waals surface area (Å²) < 4.78 is 70.8. The molecule has 228 valence electrons. The van der Waals surface area contributed by atoms with Crippen LogP contribution in [0.4, 0.5) is 22.0 Å². The third-order valence-electron chi connectivity index (χ3n) is 11.5. The standard InChI is InChI=1S/C32H42F5NO2S/c1-28-14-11-23(39)20-22(28)19-21(9-5-3-4-8-18-41-26-10-6-7-17-38-26)27-24(28)12-15-29(2)25(27)13-16-30(29,40)31(33,34)32(35,36)37/h6-7,10,17,20-21,24-25,27,40H,3-5,8-9,11-16,18-19H2,1-2H3/t21-,24+,25+,27-,28+,29+,30+/m1/s1. The first kappa shape index (κ1) is 31.0. The van der Waals surface area contributed by atoms with E-state index in [9.17, 15) is 31.9 Å². The van der Waals surface area contributed by atoms with Crippen LogP contribution in [0.3, 0.4) is 0 Å². The monoisotopic (exact) mass is 599 g/mol. The molecule has 0 aliphatic heterocycles. The number of carbonyl (C=O) groups excluding carboxylic acids is 1. The summed E-state index contributed by atoms with van der Waals surface area (Å²) in [6.45, 7) is 3.67. The van der Waals surface area contributed by atoms with Crippen molar-refractivity contribution in [2.45, 2.75) is 114 Å². The van der Waals surface area contributed by atoms with Crippen molar-refractivity contribution in [1.29, 1.82) is 0 Å². The van der Waals surface area contributed by atoms with Gasteiger partial charge in [-0.05, 0) is 104 Å². The Morgan fingerprint density at radius 2 is 1.73 bits per heavy atom. The summed E-state index contributed by atoms with van der Waals surface area (Å²) in [6, 6.07) is 5.86. The van der Waals surface area contributed by atoms with Crippen LogP contribution in [-0.4, -0.2) is 39.3 Å². The van der Waals surface area contributed by atoms with Crippen molar-refractivity contribution in [1.82, 2.24) is 4.98 Å². The number of carbonyl (C=O) groups is 1. The van der Waals surface area contributed by atoms with E-state index in [0.29, 0.717) is 25.7 Å². The summed E-state index contributed by atoms with van der Waals surface area (Å²) in [5.41, 5.74) is -3.73. The lowest BCUT2D eigenvalue weighted by Gasteiger charge is -2.62. The molecule has 3 saturated carbocycles. The van der Waals surface area contributed by atoms with E-state index in [2.05, 4.69) is 11.9 Å². The molecule has 4 aliphatic rings. The Bertz CT molecular complexity index is 1140. The molecule has 0 aromatic carbocycles. The van der Waals surface area contributed by atoms with Gasteiger partial charge in [0.1, 0.15) is 5.60 Å². The lowest BCUT2D eigenvalue weighted by Crippen LogP contribution is -2.66. The van der Waals surface area contributed by atoms with Crippen molar-refractivity contribution in [3.05, 3.63) is 36.0 Å². The Morgan fingerprint density at radius 1 is 1.00 bits per heavy atom. The minimum atomic E-state index is -5.80. The van der Waals surface area contributed by atoms with Gasteiger partial charge in [-0.2, -0.15) is 22.0 Å². The molecule has 1 N–H and O–H groups in total. The van der Waals surface area contributed by atoms with Gasteiger partial charge < -0.3 is 5.11 Å². The summed E-state index contributed by atoms with van der Waals surface area (Å²) in [6.07, 6.45) is 4.83. The number of allylic oxidation sites excluding steroid dienone is 1. The van der Waals surface area contributed by atoms with Crippen LogP contribution < -0.4 is 0 Å². The molecule has 0 spiro atoms. The largest absolute Gasteiger partial charge is 0.456 e. The summed E-state index contributed by atoms with van der Waals surface area (Å²) in [7, 11) is 0. The molecule has 7 atom stereocenters. The Hall–Kier alpha value is -1.48. The van der Waals surface area contributed by atoms with Gasteiger partial charge in [-0.25, -0.2) is 4.98 Å². The highest BCUT2D eigenvalue weighted by molar-refractivity contribution is 7.99. The van der Waals surface area contributed by atoms with Gasteiger partial charge in [-0.15, -0.1) is 11.8 Å². The van der Waals surface area contributed by atoms with Gasteiger partial charge in [0.15, 0.2) is 5.78 Å². The van der Waals surface area contributed by atoms with E-state index in [1.54, 1.807) is 24.0 Å². The molecule has 1 aromatic heterocycles. The molecule has 0 bridgehead atoms. The molecule has 0 saturated heterocycles. The van der Waals surface area contributed by atoms with E-state index in [1.807, 2.05) is 18.2 Å². The first-order chi connectivity index (χ1) is 19.2. The first-order valence-corrected chi connectivity index (χ1v) is 16.2. The third-order valence-corrected chi connectivity index (χ3v) is 12.6. The molecular formula is C32H42F5NO2S. The van der Waals surface area contributed by atoms with Gasteiger partial charge in [0.25, 0.3) is 0 Å². The maximum absolute atomic E-state index is 15.0. The summed E-state index contributed by atoms with van der Waals surface area (Å²) in [5, 5.41) is 12.3. The molecular weight excluding hydrogens is 557 g/mol. The highest BCUT2D eigenvalue weighted by atomic mass is 32.2. The average Bonchev–Trinajstić information content (AvgIpc) is 3.20. The zero-order valence-corrected chi connectivity index (χ0v) is 24.8. The Balaban J connectivity index is 1.32. The molecule has 9 heteroatoms. The molecule has 0 unspecified atom stereocenters. The van der Waals surface area contributed by atoms with Crippen molar-refractivity contribution < 1.29 is 31.9 Å².